The first-order chi connectivity index (χ1) is 30.4. The molecule has 2 aromatic heterocycles. The third kappa shape index (κ3) is 6.35. The van der Waals surface area contributed by atoms with E-state index in [-0.39, 0.29) is 0 Å². The summed E-state index contributed by atoms with van der Waals surface area (Å²) in [5.74, 6) is 0. The Kier molecular flexibility index (Phi) is 8.82. The van der Waals surface area contributed by atoms with E-state index in [1.165, 1.54) is 50.1 Å². The quantitative estimate of drug-likeness (QED) is 0.181. The van der Waals surface area contributed by atoms with Crippen LogP contribution in [0.2, 0.25) is 0 Å². The van der Waals surface area contributed by atoms with Gasteiger partial charge in [0.2, 0.25) is 0 Å². The lowest BCUT2D eigenvalue weighted by Crippen LogP contribution is -2.12. The molecular formula is C59H50N2O2. The Labute approximate surface area is 368 Å². The number of benzene rings is 9. The maximum atomic E-state index is 7.03. The van der Waals surface area contributed by atoms with E-state index in [1.54, 1.807) is 0 Å². The molecule has 0 aliphatic heterocycles. The summed E-state index contributed by atoms with van der Waals surface area (Å²) in [7, 11) is 0. The summed E-state index contributed by atoms with van der Waals surface area (Å²) >= 11 is 0. The van der Waals surface area contributed by atoms with E-state index in [4.69, 9.17) is 8.83 Å². The standard InChI is InChI=1S/C59H50N2O2/c1-32-19-47(20-33(2)38(32)7)60-46-17-15-42-28-54-56(29-44(42)25-46)63-58-51(41-13-11-10-12-14-41)31-53-52-27-43-16-18-48(26-45(43)30-55(52)62-59(53)57(54)58)61(49-21-34(3)39(8)35(4)22-49)50-23-36(5)40(9)37(6)24-50/h10-31,60H,1-9H3. The molecule has 63 heavy (non-hydrogen) atoms. The molecule has 0 spiro atoms. The smallest absolute Gasteiger partial charge is 0.147 e. The van der Waals surface area contributed by atoms with Gasteiger partial charge in [-0.3, -0.25) is 0 Å². The molecule has 0 unspecified atom stereocenters. The van der Waals surface area contributed by atoms with Gasteiger partial charge in [0.05, 0.1) is 5.39 Å². The maximum absolute atomic E-state index is 7.03. The zero-order valence-corrected chi connectivity index (χ0v) is 37.5. The van der Waals surface area contributed by atoms with Crippen LogP contribution in [0.3, 0.4) is 0 Å². The summed E-state index contributed by atoms with van der Waals surface area (Å²) in [6.07, 6.45) is 0. The highest BCUT2D eigenvalue weighted by Crippen LogP contribution is 2.47. The van der Waals surface area contributed by atoms with Crippen LogP contribution in [0.1, 0.15) is 50.1 Å². The van der Waals surface area contributed by atoms with Gasteiger partial charge >= 0.3 is 0 Å². The third-order valence-corrected chi connectivity index (χ3v) is 14.0. The molecule has 0 fully saturated rings. The predicted octanol–water partition coefficient (Wildman–Crippen LogP) is 17.4. The second-order valence-electron chi connectivity index (χ2n) is 18.0. The largest absolute Gasteiger partial charge is 0.455 e. The number of nitrogens with zero attached hydrogens (tertiary/aromatic N) is 1. The molecule has 0 aliphatic rings. The summed E-state index contributed by atoms with van der Waals surface area (Å²) in [4.78, 5) is 2.40. The Morgan fingerprint density at radius 1 is 0.381 bits per heavy atom. The fourth-order valence-electron chi connectivity index (χ4n) is 9.69. The first kappa shape index (κ1) is 38.6. The van der Waals surface area contributed by atoms with E-state index in [0.29, 0.717) is 0 Å². The minimum absolute atomic E-state index is 0.830. The molecular weight excluding hydrogens is 769 g/mol. The molecule has 2 heterocycles. The van der Waals surface area contributed by atoms with E-state index >= 15 is 0 Å². The van der Waals surface area contributed by atoms with Gasteiger partial charge in [-0.2, -0.15) is 0 Å². The maximum Gasteiger partial charge on any atom is 0.147 e. The minimum Gasteiger partial charge on any atom is -0.455 e. The van der Waals surface area contributed by atoms with Crippen LogP contribution < -0.4 is 10.2 Å². The van der Waals surface area contributed by atoms with Crippen molar-refractivity contribution in [2.24, 2.45) is 0 Å². The van der Waals surface area contributed by atoms with Crippen molar-refractivity contribution in [1.82, 2.24) is 0 Å². The first-order valence-electron chi connectivity index (χ1n) is 22.0. The van der Waals surface area contributed by atoms with Gasteiger partial charge in [0, 0.05) is 50.2 Å². The van der Waals surface area contributed by atoms with Crippen molar-refractivity contribution in [1.29, 1.82) is 0 Å². The average Bonchev–Trinajstić information content (AvgIpc) is 3.82. The summed E-state index contributed by atoms with van der Waals surface area (Å²) in [6, 6.07) is 48.9. The second kappa shape index (κ2) is 14.4. The Bertz CT molecular complexity index is 3570. The monoisotopic (exact) mass is 818 g/mol. The molecule has 11 rings (SSSR count). The number of rotatable bonds is 6. The third-order valence-electron chi connectivity index (χ3n) is 14.0. The number of fused-ring (bicyclic) bond motifs is 9. The van der Waals surface area contributed by atoms with Crippen molar-refractivity contribution >= 4 is 93.9 Å². The number of aryl methyl sites for hydroxylation is 6. The average molecular weight is 819 g/mol. The SMILES string of the molecule is Cc1cc(Nc2ccc3cc4c(cc3c2)oc2c(-c3ccccc3)cc3c5cc6ccc(N(c7cc(C)c(C)c(C)c7)c7cc(C)c(C)c(C)c7)cc6cc5oc3c24)cc(C)c1C. The Balaban J connectivity index is 1.10. The van der Waals surface area contributed by atoms with Crippen LogP contribution in [0.4, 0.5) is 28.4 Å². The number of hydrogen-bond donors (Lipinski definition) is 1. The van der Waals surface area contributed by atoms with E-state index in [0.717, 1.165) is 105 Å². The number of furan rings is 2. The number of nitrogens with one attached hydrogen (secondary N) is 1. The number of hydrogen-bond acceptors (Lipinski definition) is 4. The molecule has 308 valence electrons. The van der Waals surface area contributed by atoms with Crippen LogP contribution in [-0.4, -0.2) is 0 Å². The highest BCUT2D eigenvalue weighted by atomic mass is 16.3. The molecule has 1 N–H and O–H groups in total. The van der Waals surface area contributed by atoms with Gasteiger partial charge in [-0.25, -0.2) is 0 Å². The van der Waals surface area contributed by atoms with Gasteiger partial charge < -0.3 is 19.1 Å². The van der Waals surface area contributed by atoms with Crippen LogP contribution in [0.15, 0.2) is 142 Å². The lowest BCUT2D eigenvalue weighted by atomic mass is 9.97. The lowest BCUT2D eigenvalue weighted by molar-refractivity contribution is 0.664. The Morgan fingerprint density at radius 2 is 0.905 bits per heavy atom. The molecule has 0 bridgehead atoms. The highest BCUT2D eigenvalue weighted by molar-refractivity contribution is 6.27. The highest BCUT2D eigenvalue weighted by Gasteiger charge is 2.23. The van der Waals surface area contributed by atoms with Crippen molar-refractivity contribution < 1.29 is 8.83 Å². The molecule has 0 atom stereocenters. The van der Waals surface area contributed by atoms with Gasteiger partial charge in [-0.1, -0.05) is 42.5 Å². The molecule has 0 saturated carbocycles. The summed E-state index contributed by atoms with van der Waals surface area (Å²) in [5.41, 5.74) is 22.7. The topological polar surface area (TPSA) is 41.6 Å². The molecule has 4 nitrogen and oxygen atoms in total. The first-order valence-corrected chi connectivity index (χ1v) is 22.0. The van der Waals surface area contributed by atoms with Crippen molar-refractivity contribution in [3.05, 3.63) is 184 Å². The van der Waals surface area contributed by atoms with Gasteiger partial charge in [0.1, 0.15) is 22.3 Å². The molecule has 9 aromatic carbocycles. The van der Waals surface area contributed by atoms with E-state index in [9.17, 15) is 0 Å². The van der Waals surface area contributed by atoms with E-state index < -0.39 is 0 Å². The van der Waals surface area contributed by atoms with Crippen LogP contribution >= 0.6 is 0 Å². The van der Waals surface area contributed by atoms with Gasteiger partial charge in [0.25, 0.3) is 0 Å². The lowest BCUT2D eigenvalue weighted by Gasteiger charge is -2.28. The normalized spacial score (nSPS) is 11.9. The predicted molar refractivity (Wildman–Crippen MR) is 268 cm³/mol. The van der Waals surface area contributed by atoms with Gasteiger partial charge in [-0.05, 0) is 230 Å². The van der Waals surface area contributed by atoms with Crippen LogP contribution in [0.25, 0.3) is 76.5 Å². The van der Waals surface area contributed by atoms with E-state index in [1.807, 2.05) is 0 Å². The summed E-state index contributed by atoms with van der Waals surface area (Å²) < 4.78 is 14.0. The number of anilines is 5. The van der Waals surface area contributed by atoms with Gasteiger partial charge in [-0.15, -0.1) is 0 Å². The molecule has 0 saturated heterocycles. The molecule has 11 aromatic rings. The second-order valence-corrected chi connectivity index (χ2v) is 18.0. The van der Waals surface area contributed by atoms with Crippen LogP contribution in [-0.2, 0) is 0 Å². The van der Waals surface area contributed by atoms with Crippen molar-refractivity contribution in [3.8, 4) is 11.1 Å². The zero-order valence-electron chi connectivity index (χ0n) is 37.5. The van der Waals surface area contributed by atoms with Crippen molar-refractivity contribution in [2.75, 3.05) is 10.2 Å². The molecule has 0 aliphatic carbocycles. The fraction of sp³-hybridized carbons (Fsp3) is 0.153. The minimum atomic E-state index is 0.830. The molecule has 0 amide bonds. The molecule has 4 heteroatoms. The zero-order chi connectivity index (χ0) is 43.4. The molecule has 0 radical (unpaired) electrons. The summed E-state index contributed by atoms with van der Waals surface area (Å²) in [6.45, 7) is 19.8. The van der Waals surface area contributed by atoms with Crippen molar-refractivity contribution in [3.63, 3.8) is 0 Å². The van der Waals surface area contributed by atoms with Crippen molar-refractivity contribution in [2.45, 2.75) is 62.3 Å². The van der Waals surface area contributed by atoms with Crippen LogP contribution in [0.5, 0.6) is 0 Å². The van der Waals surface area contributed by atoms with Gasteiger partial charge in [0.15, 0.2) is 0 Å². The fourth-order valence-corrected chi connectivity index (χ4v) is 9.69. The van der Waals surface area contributed by atoms with Crippen LogP contribution in [0, 0.1) is 62.3 Å². The van der Waals surface area contributed by atoms with E-state index in [2.05, 4.69) is 206 Å². The Hall–Kier alpha value is -7.30. The summed E-state index contributed by atoms with van der Waals surface area (Å²) in [5, 5.41) is 12.4. The Morgan fingerprint density at radius 3 is 1.52 bits per heavy atom.